The van der Waals surface area contributed by atoms with Gasteiger partial charge in [-0.3, -0.25) is 0 Å². The molecule has 0 saturated heterocycles. The maximum Gasteiger partial charge on any atom is 0.248 e. The minimum absolute atomic E-state index is 0. The van der Waals surface area contributed by atoms with Gasteiger partial charge in [0, 0.05) is 10.9 Å². The highest BCUT2D eigenvalue weighted by molar-refractivity contribution is 7.08. The van der Waals surface area contributed by atoms with E-state index in [1.807, 2.05) is 17.0 Å². The normalized spacial score (nSPS) is 10.4. The van der Waals surface area contributed by atoms with Crippen molar-refractivity contribution in [3.8, 4) is 5.75 Å². The van der Waals surface area contributed by atoms with Gasteiger partial charge in [0.15, 0.2) is 0 Å². The van der Waals surface area contributed by atoms with Crippen LogP contribution in [0.3, 0.4) is 0 Å². The van der Waals surface area contributed by atoms with Gasteiger partial charge in [-0.1, -0.05) is 38.7 Å². The lowest BCUT2D eigenvalue weighted by Crippen LogP contribution is -3.00. The molecule has 2 aromatic rings. The molecule has 140 valence electrons. The van der Waals surface area contributed by atoms with Crippen molar-refractivity contribution in [2.75, 3.05) is 6.61 Å². The summed E-state index contributed by atoms with van der Waals surface area (Å²) in [7, 11) is 0. The number of rotatable bonds is 13. The highest BCUT2D eigenvalue weighted by atomic mass is 79.9. The van der Waals surface area contributed by atoms with Crippen molar-refractivity contribution in [2.24, 2.45) is 0 Å². The number of hydrogen-bond donors (Lipinski definition) is 0. The summed E-state index contributed by atoms with van der Waals surface area (Å²) >= 11 is 1.72. The smallest absolute Gasteiger partial charge is 0.248 e. The van der Waals surface area contributed by atoms with Gasteiger partial charge in [-0.2, -0.15) is 0 Å². The van der Waals surface area contributed by atoms with E-state index in [4.69, 9.17) is 4.74 Å². The molecule has 2 heterocycles. The monoisotopic (exact) mass is 426 g/mol. The van der Waals surface area contributed by atoms with Gasteiger partial charge in [0.1, 0.15) is 18.1 Å². The lowest BCUT2D eigenvalue weighted by molar-refractivity contribution is -0.696. The number of aryl methyl sites for hydroxylation is 2. The van der Waals surface area contributed by atoms with Crippen LogP contribution in [0.2, 0.25) is 0 Å². The quantitative estimate of drug-likeness (QED) is 0.355. The first-order valence-corrected chi connectivity index (χ1v) is 10.1. The van der Waals surface area contributed by atoms with Gasteiger partial charge in [-0.25, -0.2) is 9.13 Å². The Kier molecular flexibility index (Phi) is 11.6. The maximum absolute atomic E-state index is 5.79. The molecule has 5 heteroatoms. The molecule has 0 aliphatic carbocycles. The van der Waals surface area contributed by atoms with Gasteiger partial charge in [-0.15, -0.1) is 11.3 Å². The topological polar surface area (TPSA) is 18.0 Å². The first kappa shape index (κ1) is 22.0. The first-order valence-electron chi connectivity index (χ1n) is 9.14. The van der Waals surface area contributed by atoms with Crippen LogP contribution in [0, 0.1) is 6.92 Å². The first-order chi connectivity index (χ1) is 11.8. The van der Waals surface area contributed by atoms with E-state index in [1.165, 1.54) is 56.9 Å². The van der Waals surface area contributed by atoms with Crippen LogP contribution in [0.1, 0.15) is 56.9 Å². The zero-order chi connectivity index (χ0) is 17.0. The van der Waals surface area contributed by atoms with Crippen molar-refractivity contribution < 1.29 is 26.3 Å². The summed E-state index contributed by atoms with van der Waals surface area (Å²) in [5.74, 6) is 1.07. The lowest BCUT2D eigenvalue weighted by Gasteiger charge is -2.05. The SMILES string of the molecule is C=Cn1cc[n+](CCCCCCCCCCOc2cscc2C)c1.[Br-]. The lowest BCUT2D eigenvalue weighted by atomic mass is 10.1. The van der Waals surface area contributed by atoms with Gasteiger partial charge < -0.3 is 21.7 Å². The highest BCUT2D eigenvalue weighted by Crippen LogP contribution is 2.22. The molecular weight excluding hydrogens is 396 g/mol. The molecule has 0 bridgehead atoms. The van der Waals surface area contributed by atoms with Crippen LogP contribution in [-0.2, 0) is 6.54 Å². The molecule has 0 spiro atoms. The second kappa shape index (κ2) is 13.2. The largest absolute Gasteiger partial charge is 1.00 e. The summed E-state index contributed by atoms with van der Waals surface area (Å²) in [5.41, 5.74) is 1.26. The van der Waals surface area contributed by atoms with Gasteiger partial charge in [0.25, 0.3) is 0 Å². The van der Waals surface area contributed by atoms with E-state index in [1.54, 1.807) is 11.3 Å². The van der Waals surface area contributed by atoms with E-state index in [-0.39, 0.29) is 17.0 Å². The van der Waals surface area contributed by atoms with Crippen molar-refractivity contribution >= 4 is 17.5 Å². The van der Waals surface area contributed by atoms with Crippen molar-refractivity contribution in [1.29, 1.82) is 0 Å². The van der Waals surface area contributed by atoms with Crippen LogP contribution in [0.25, 0.3) is 6.20 Å². The van der Waals surface area contributed by atoms with E-state index >= 15 is 0 Å². The van der Waals surface area contributed by atoms with Crippen molar-refractivity contribution in [1.82, 2.24) is 4.57 Å². The third-order valence-corrected chi connectivity index (χ3v) is 5.14. The third kappa shape index (κ3) is 8.73. The molecule has 0 aliphatic heterocycles. The number of aromatic nitrogens is 2. The predicted molar refractivity (Wildman–Crippen MR) is 103 cm³/mol. The van der Waals surface area contributed by atoms with Crippen LogP contribution in [-0.4, -0.2) is 11.2 Å². The van der Waals surface area contributed by atoms with E-state index in [2.05, 4.69) is 41.4 Å². The van der Waals surface area contributed by atoms with Crippen LogP contribution in [0.5, 0.6) is 5.75 Å². The average Bonchev–Trinajstić information content (AvgIpc) is 3.21. The second-order valence-electron chi connectivity index (χ2n) is 6.38. The number of imidazole rings is 1. The molecule has 0 N–H and O–H groups in total. The Hall–Kier alpha value is -1.07. The Morgan fingerprint density at radius 3 is 2.36 bits per heavy atom. The van der Waals surface area contributed by atoms with Crippen molar-refractivity contribution in [3.63, 3.8) is 0 Å². The molecule has 0 aliphatic rings. The number of hydrogen-bond acceptors (Lipinski definition) is 2. The zero-order valence-corrected chi connectivity index (χ0v) is 17.7. The average molecular weight is 427 g/mol. The highest BCUT2D eigenvalue weighted by Gasteiger charge is 2.01. The molecule has 0 saturated carbocycles. The Morgan fingerprint density at radius 1 is 1.08 bits per heavy atom. The number of halogens is 1. The molecule has 2 rings (SSSR count). The molecule has 0 fully saturated rings. The molecule has 2 aromatic heterocycles. The van der Waals surface area contributed by atoms with Gasteiger partial charge in [0.05, 0.1) is 19.4 Å². The number of thiophene rings is 1. The van der Waals surface area contributed by atoms with Gasteiger partial charge >= 0.3 is 0 Å². The van der Waals surface area contributed by atoms with E-state index in [0.29, 0.717) is 0 Å². The summed E-state index contributed by atoms with van der Waals surface area (Å²) in [5, 5.41) is 4.24. The van der Waals surface area contributed by atoms with E-state index in [0.717, 1.165) is 18.9 Å². The molecule has 0 atom stereocenters. The van der Waals surface area contributed by atoms with Crippen LogP contribution >= 0.6 is 11.3 Å². The Bertz CT molecular complexity index is 594. The summed E-state index contributed by atoms with van der Waals surface area (Å²) in [6.45, 7) is 7.84. The fraction of sp³-hybridized carbons (Fsp3) is 0.550. The number of unbranched alkanes of at least 4 members (excludes halogenated alkanes) is 7. The molecule has 0 aromatic carbocycles. The van der Waals surface area contributed by atoms with E-state index in [9.17, 15) is 0 Å². The molecule has 3 nitrogen and oxygen atoms in total. The minimum Gasteiger partial charge on any atom is -1.00 e. The van der Waals surface area contributed by atoms with Gasteiger partial charge in [0.2, 0.25) is 6.33 Å². The summed E-state index contributed by atoms with van der Waals surface area (Å²) < 4.78 is 10.0. The summed E-state index contributed by atoms with van der Waals surface area (Å²) in [4.78, 5) is 0. The zero-order valence-electron chi connectivity index (χ0n) is 15.3. The fourth-order valence-electron chi connectivity index (χ4n) is 2.79. The number of ether oxygens (including phenoxy) is 1. The van der Waals surface area contributed by atoms with Gasteiger partial charge in [-0.05, 0) is 31.6 Å². The maximum atomic E-state index is 5.79. The predicted octanol–water partition coefficient (Wildman–Crippen LogP) is 2.45. The third-order valence-electron chi connectivity index (χ3n) is 4.30. The standard InChI is InChI=1S/C20H31N2OS.BrH/c1-3-21-13-14-22(18-21)12-10-8-6-4-5-7-9-11-15-23-20-17-24-16-19(20)2;/h3,13-14,16-18H,1,4-12,15H2,2H3;1H/q+1;/p-1. The van der Waals surface area contributed by atoms with Crippen LogP contribution in [0.4, 0.5) is 0 Å². The van der Waals surface area contributed by atoms with E-state index < -0.39 is 0 Å². The van der Waals surface area contributed by atoms with Crippen LogP contribution < -0.4 is 26.3 Å². The minimum atomic E-state index is 0. The van der Waals surface area contributed by atoms with Crippen molar-refractivity contribution in [2.45, 2.75) is 64.8 Å². The Labute approximate surface area is 167 Å². The molecule has 0 amide bonds. The Morgan fingerprint density at radius 2 is 1.76 bits per heavy atom. The fourth-order valence-corrected chi connectivity index (χ4v) is 3.55. The van der Waals surface area contributed by atoms with Crippen LogP contribution in [0.15, 0.2) is 36.1 Å². The molecule has 0 unspecified atom stereocenters. The van der Waals surface area contributed by atoms with Crippen molar-refractivity contribution in [3.05, 3.63) is 41.6 Å². The second-order valence-corrected chi connectivity index (χ2v) is 7.12. The Balaban J connectivity index is 0.00000312. The molecular formula is C20H31BrN2OS. The summed E-state index contributed by atoms with van der Waals surface area (Å²) in [6.07, 6.45) is 18.5. The molecule has 25 heavy (non-hydrogen) atoms. The molecule has 0 radical (unpaired) electrons. The summed E-state index contributed by atoms with van der Waals surface area (Å²) in [6, 6.07) is 0. The number of nitrogens with zero attached hydrogens (tertiary/aromatic N) is 2.